The molecule has 0 aromatic heterocycles. The van der Waals surface area contributed by atoms with E-state index in [4.69, 9.17) is 16.3 Å². The first-order valence-electron chi connectivity index (χ1n) is 5.93. The van der Waals surface area contributed by atoms with Gasteiger partial charge in [0.25, 0.3) is 0 Å². The molecule has 86 valence electrons. The summed E-state index contributed by atoms with van der Waals surface area (Å²) in [6.07, 6.45) is 2.38. The number of para-hydroxylation sites is 1. The van der Waals surface area contributed by atoms with Crippen LogP contribution in [0.2, 0.25) is 5.02 Å². The van der Waals surface area contributed by atoms with Crippen LogP contribution in [0.15, 0.2) is 18.2 Å². The topological polar surface area (TPSA) is 9.23 Å². The second kappa shape index (κ2) is 2.95. The number of fused-ring (bicyclic) bond motifs is 2. The fourth-order valence-electron chi connectivity index (χ4n) is 3.28. The second-order valence-corrected chi connectivity index (χ2v) is 6.32. The summed E-state index contributed by atoms with van der Waals surface area (Å²) in [7, 11) is 0. The minimum atomic E-state index is -0.0945. The van der Waals surface area contributed by atoms with Crippen LogP contribution in [0, 0.1) is 5.92 Å². The maximum atomic E-state index is 6.25. The first kappa shape index (κ1) is 10.5. The van der Waals surface area contributed by atoms with E-state index >= 15 is 0 Å². The van der Waals surface area contributed by atoms with E-state index in [2.05, 4.69) is 26.8 Å². The van der Waals surface area contributed by atoms with Crippen molar-refractivity contribution in [3.05, 3.63) is 28.8 Å². The lowest BCUT2D eigenvalue weighted by atomic mass is 9.80. The van der Waals surface area contributed by atoms with Gasteiger partial charge in [0.1, 0.15) is 11.4 Å². The zero-order valence-corrected chi connectivity index (χ0v) is 10.8. The molecule has 0 radical (unpaired) electrons. The number of ether oxygens (including phenoxy) is 1. The van der Waals surface area contributed by atoms with E-state index in [0.29, 0.717) is 5.41 Å². The van der Waals surface area contributed by atoms with Crippen LogP contribution >= 0.6 is 11.6 Å². The molecule has 1 nitrogen and oxygen atoms in total. The van der Waals surface area contributed by atoms with Gasteiger partial charge in [-0.05, 0) is 38.7 Å². The predicted octanol–water partition coefficient (Wildman–Crippen LogP) is 4.18. The Morgan fingerprint density at radius 3 is 2.69 bits per heavy atom. The molecular weight excluding hydrogens is 220 g/mol. The lowest BCUT2D eigenvalue weighted by molar-refractivity contribution is 0.0645. The van der Waals surface area contributed by atoms with E-state index in [9.17, 15) is 0 Å². The number of hydrogen-bond acceptors (Lipinski definition) is 1. The SMILES string of the molecule is CC1CC12CC(C)(C)Oc1c(Cl)cccc12. The highest BCUT2D eigenvalue weighted by Gasteiger charge is 2.58. The van der Waals surface area contributed by atoms with Gasteiger partial charge in [-0.2, -0.15) is 0 Å². The Labute approximate surface area is 102 Å². The minimum absolute atomic E-state index is 0.0945. The van der Waals surface area contributed by atoms with Gasteiger partial charge >= 0.3 is 0 Å². The summed E-state index contributed by atoms with van der Waals surface area (Å²) in [5.41, 5.74) is 1.57. The van der Waals surface area contributed by atoms with Crippen LogP contribution in [0.25, 0.3) is 0 Å². The van der Waals surface area contributed by atoms with Gasteiger partial charge in [0.15, 0.2) is 0 Å². The smallest absolute Gasteiger partial charge is 0.142 e. The van der Waals surface area contributed by atoms with Crippen LogP contribution in [-0.2, 0) is 5.41 Å². The molecule has 16 heavy (non-hydrogen) atoms. The van der Waals surface area contributed by atoms with Gasteiger partial charge in [-0.25, -0.2) is 0 Å². The Morgan fingerprint density at radius 2 is 2.06 bits per heavy atom. The molecular formula is C14H17ClO. The van der Waals surface area contributed by atoms with Crippen molar-refractivity contribution in [2.75, 3.05) is 0 Å². The van der Waals surface area contributed by atoms with E-state index in [-0.39, 0.29) is 5.60 Å². The molecule has 0 saturated heterocycles. The van der Waals surface area contributed by atoms with E-state index in [1.54, 1.807) is 0 Å². The summed E-state index contributed by atoms with van der Waals surface area (Å²) in [5, 5.41) is 0.753. The molecule has 1 aromatic carbocycles. The average Bonchev–Trinajstić information content (AvgIpc) is 2.78. The van der Waals surface area contributed by atoms with Crippen LogP contribution in [0.5, 0.6) is 5.75 Å². The van der Waals surface area contributed by atoms with Crippen LogP contribution in [0.1, 0.15) is 39.2 Å². The third-order valence-electron chi connectivity index (χ3n) is 4.08. The summed E-state index contributed by atoms with van der Waals surface area (Å²) in [6, 6.07) is 6.14. The average molecular weight is 237 g/mol. The largest absolute Gasteiger partial charge is 0.486 e. The first-order chi connectivity index (χ1) is 7.45. The second-order valence-electron chi connectivity index (χ2n) is 5.92. The van der Waals surface area contributed by atoms with Crippen molar-refractivity contribution >= 4 is 11.6 Å². The molecule has 1 heterocycles. The van der Waals surface area contributed by atoms with E-state index in [1.807, 2.05) is 12.1 Å². The monoisotopic (exact) mass is 236 g/mol. The quantitative estimate of drug-likeness (QED) is 0.657. The summed E-state index contributed by atoms with van der Waals surface area (Å²) < 4.78 is 6.04. The predicted molar refractivity (Wildman–Crippen MR) is 66.2 cm³/mol. The maximum absolute atomic E-state index is 6.25. The van der Waals surface area contributed by atoms with Crippen molar-refractivity contribution in [1.82, 2.24) is 0 Å². The highest BCUT2D eigenvalue weighted by atomic mass is 35.5. The Balaban J connectivity index is 2.18. The standard InChI is InChI=1S/C14H17ClO/c1-9-7-14(9)8-13(2,3)16-12-10(14)5-4-6-11(12)15/h4-6,9H,7-8H2,1-3H3. The Bertz CT molecular complexity index is 452. The van der Waals surface area contributed by atoms with Gasteiger partial charge in [0.2, 0.25) is 0 Å². The molecule has 2 aliphatic rings. The first-order valence-corrected chi connectivity index (χ1v) is 6.30. The number of halogens is 1. The van der Waals surface area contributed by atoms with E-state index in [0.717, 1.165) is 23.1 Å². The third-order valence-corrected chi connectivity index (χ3v) is 4.37. The van der Waals surface area contributed by atoms with Gasteiger partial charge in [0.05, 0.1) is 5.02 Å². The van der Waals surface area contributed by atoms with Crippen molar-refractivity contribution in [2.24, 2.45) is 5.92 Å². The molecule has 1 spiro atoms. The molecule has 1 aromatic rings. The van der Waals surface area contributed by atoms with Crippen LogP contribution < -0.4 is 4.74 Å². The highest BCUT2D eigenvalue weighted by molar-refractivity contribution is 6.32. The van der Waals surface area contributed by atoms with E-state index in [1.165, 1.54) is 12.0 Å². The normalized spacial score (nSPS) is 34.4. The summed E-state index contributed by atoms with van der Waals surface area (Å²) in [6.45, 7) is 6.64. The fourth-order valence-corrected chi connectivity index (χ4v) is 3.49. The van der Waals surface area contributed by atoms with E-state index < -0.39 is 0 Å². The number of rotatable bonds is 0. The summed E-state index contributed by atoms with van der Waals surface area (Å²) >= 11 is 6.25. The fraction of sp³-hybridized carbons (Fsp3) is 0.571. The highest BCUT2D eigenvalue weighted by Crippen LogP contribution is 2.64. The van der Waals surface area contributed by atoms with Crippen LogP contribution in [-0.4, -0.2) is 5.60 Å². The van der Waals surface area contributed by atoms with Crippen LogP contribution in [0.3, 0.4) is 0 Å². The Hall–Kier alpha value is -0.690. The Morgan fingerprint density at radius 1 is 1.38 bits per heavy atom. The molecule has 2 atom stereocenters. The number of benzene rings is 1. The molecule has 3 rings (SSSR count). The summed E-state index contributed by atoms with van der Waals surface area (Å²) in [5.74, 6) is 1.68. The van der Waals surface area contributed by atoms with Crippen molar-refractivity contribution in [3.8, 4) is 5.75 Å². The lowest BCUT2D eigenvalue weighted by Crippen LogP contribution is -2.38. The Kier molecular flexibility index (Phi) is 1.93. The number of hydrogen-bond donors (Lipinski definition) is 0. The molecule has 2 heteroatoms. The third kappa shape index (κ3) is 1.31. The van der Waals surface area contributed by atoms with Crippen molar-refractivity contribution < 1.29 is 4.74 Å². The molecule has 0 amide bonds. The van der Waals surface area contributed by atoms with Crippen LogP contribution in [0.4, 0.5) is 0 Å². The zero-order valence-electron chi connectivity index (χ0n) is 10.0. The van der Waals surface area contributed by atoms with Crippen molar-refractivity contribution in [2.45, 2.75) is 44.6 Å². The maximum Gasteiger partial charge on any atom is 0.142 e. The van der Waals surface area contributed by atoms with Crippen molar-refractivity contribution in [1.29, 1.82) is 0 Å². The molecule has 0 N–H and O–H groups in total. The van der Waals surface area contributed by atoms with Gasteiger partial charge < -0.3 is 4.74 Å². The minimum Gasteiger partial charge on any atom is -0.486 e. The molecule has 1 fully saturated rings. The summed E-state index contributed by atoms with van der Waals surface area (Å²) in [4.78, 5) is 0. The molecule has 0 bridgehead atoms. The molecule has 2 unspecified atom stereocenters. The van der Waals surface area contributed by atoms with Gasteiger partial charge in [-0.3, -0.25) is 0 Å². The zero-order chi connectivity index (χ0) is 11.6. The van der Waals surface area contributed by atoms with Crippen molar-refractivity contribution in [3.63, 3.8) is 0 Å². The molecule has 1 aliphatic carbocycles. The van der Waals surface area contributed by atoms with Gasteiger partial charge in [0, 0.05) is 11.0 Å². The van der Waals surface area contributed by atoms with Gasteiger partial charge in [-0.1, -0.05) is 30.7 Å². The van der Waals surface area contributed by atoms with Gasteiger partial charge in [-0.15, -0.1) is 0 Å². The molecule has 1 saturated carbocycles. The molecule has 1 aliphatic heterocycles. The lowest BCUT2D eigenvalue weighted by Gasteiger charge is -2.39.